The van der Waals surface area contributed by atoms with Crippen molar-refractivity contribution >= 4 is 0 Å². The minimum absolute atomic E-state index is 0.121. The summed E-state index contributed by atoms with van der Waals surface area (Å²) in [4.78, 5) is 2.47. The van der Waals surface area contributed by atoms with Gasteiger partial charge in [-0.25, -0.2) is 0 Å². The lowest BCUT2D eigenvalue weighted by atomic mass is 9.79. The number of aliphatic hydroxyl groups is 1. The van der Waals surface area contributed by atoms with Crippen LogP contribution in [0.1, 0.15) is 52.9 Å². The van der Waals surface area contributed by atoms with Gasteiger partial charge in [0.2, 0.25) is 0 Å². The molecule has 3 nitrogen and oxygen atoms in total. The molecule has 3 unspecified atom stereocenters. The summed E-state index contributed by atoms with van der Waals surface area (Å²) in [7, 11) is 2.21. The molecule has 0 bridgehead atoms. The Kier molecular flexibility index (Phi) is 5.42. The van der Waals surface area contributed by atoms with Crippen LogP contribution in [0.25, 0.3) is 0 Å². The fourth-order valence-corrected chi connectivity index (χ4v) is 3.06. The Bertz CT molecular complexity index is 232. The molecule has 0 aromatic heterocycles. The average Bonchev–Trinajstić information content (AvgIpc) is 2.27. The fourth-order valence-electron chi connectivity index (χ4n) is 3.06. The lowest BCUT2D eigenvalue weighted by Gasteiger charge is -2.43. The molecule has 1 aliphatic rings. The van der Waals surface area contributed by atoms with Crippen molar-refractivity contribution in [2.75, 3.05) is 13.7 Å². The number of hydrogen-bond donors (Lipinski definition) is 2. The van der Waals surface area contributed by atoms with Crippen molar-refractivity contribution in [2.24, 2.45) is 11.7 Å². The zero-order valence-electron chi connectivity index (χ0n) is 11.9. The molecule has 17 heavy (non-hydrogen) atoms. The van der Waals surface area contributed by atoms with Gasteiger partial charge in [-0.1, -0.05) is 13.8 Å². The molecule has 0 aliphatic heterocycles. The Labute approximate surface area is 106 Å². The van der Waals surface area contributed by atoms with E-state index in [0.717, 1.165) is 25.2 Å². The van der Waals surface area contributed by atoms with E-state index in [0.29, 0.717) is 12.1 Å². The van der Waals surface area contributed by atoms with Crippen molar-refractivity contribution < 1.29 is 5.11 Å². The second kappa shape index (κ2) is 6.17. The van der Waals surface area contributed by atoms with Crippen molar-refractivity contribution in [2.45, 2.75) is 70.5 Å². The molecule has 1 rings (SSSR count). The van der Waals surface area contributed by atoms with Gasteiger partial charge in [-0.05, 0) is 52.0 Å². The van der Waals surface area contributed by atoms with Crippen molar-refractivity contribution in [3.05, 3.63) is 0 Å². The Morgan fingerprint density at radius 1 is 1.41 bits per heavy atom. The first-order valence-corrected chi connectivity index (χ1v) is 6.99. The van der Waals surface area contributed by atoms with Crippen molar-refractivity contribution in [1.82, 2.24) is 4.90 Å². The number of hydrogen-bond acceptors (Lipinski definition) is 3. The summed E-state index contributed by atoms with van der Waals surface area (Å²) in [5, 5.41) is 9.39. The van der Waals surface area contributed by atoms with E-state index >= 15 is 0 Å². The number of nitrogens with zero attached hydrogens (tertiary/aromatic N) is 1. The van der Waals surface area contributed by atoms with E-state index in [2.05, 4.69) is 32.7 Å². The minimum atomic E-state index is -0.339. The van der Waals surface area contributed by atoms with E-state index in [-0.39, 0.29) is 12.1 Å². The number of aliphatic hydroxyl groups excluding tert-OH is 1. The summed E-state index contributed by atoms with van der Waals surface area (Å²) in [5.41, 5.74) is 5.87. The molecule has 0 aromatic rings. The van der Waals surface area contributed by atoms with Crippen LogP contribution in [0.4, 0.5) is 0 Å². The van der Waals surface area contributed by atoms with Crippen molar-refractivity contribution in [1.29, 1.82) is 0 Å². The van der Waals surface area contributed by atoms with Crippen LogP contribution in [0.5, 0.6) is 0 Å². The van der Waals surface area contributed by atoms with Gasteiger partial charge >= 0.3 is 0 Å². The molecule has 1 fully saturated rings. The Morgan fingerprint density at radius 2 is 2.06 bits per heavy atom. The van der Waals surface area contributed by atoms with Crippen LogP contribution in [0.2, 0.25) is 0 Å². The topological polar surface area (TPSA) is 49.5 Å². The highest BCUT2D eigenvalue weighted by Gasteiger charge is 2.34. The largest absolute Gasteiger partial charge is 0.394 e. The van der Waals surface area contributed by atoms with Gasteiger partial charge in [0.25, 0.3) is 0 Å². The van der Waals surface area contributed by atoms with Gasteiger partial charge in [0.15, 0.2) is 0 Å². The van der Waals surface area contributed by atoms with Crippen LogP contribution in [-0.2, 0) is 0 Å². The number of rotatable bonds is 5. The summed E-state index contributed by atoms with van der Waals surface area (Å²) >= 11 is 0. The minimum Gasteiger partial charge on any atom is -0.394 e. The van der Waals surface area contributed by atoms with Crippen molar-refractivity contribution in [3.63, 3.8) is 0 Å². The summed E-state index contributed by atoms with van der Waals surface area (Å²) in [5.74, 6) is 0.733. The third-order valence-electron chi connectivity index (χ3n) is 4.25. The van der Waals surface area contributed by atoms with Gasteiger partial charge in [-0.3, -0.25) is 0 Å². The molecule has 3 atom stereocenters. The van der Waals surface area contributed by atoms with Gasteiger partial charge < -0.3 is 15.7 Å². The molecule has 102 valence electrons. The molecule has 3 heteroatoms. The zero-order valence-corrected chi connectivity index (χ0v) is 11.9. The van der Waals surface area contributed by atoms with E-state index in [9.17, 15) is 5.11 Å². The van der Waals surface area contributed by atoms with Gasteiger partial charge in [0, 0.05) is 17.6 Å². The summed E-state index contributed by atoms with van der Waals surface area (Å²) in [6, 6.07) is 1.13. The van der Waals surface area contributed by atoms with Crippen LogP contribution in [0, 0.1) is 5.92 Å². The first kappa shape index (κ1) is 14.9. The molecule has 0 amide bonds. The SMILES string of the molecule is CC(C)CC(C)N(C)C1CCCC(N)(CO)C1. The van der Waals surface area contributed by atoms with E-state index in [1.165, 1.54) is 12.8 Å². The lowest BCUT2D eigenvalue weighted by molar-refractivity contribution is 0.0711. The summed E-state index contributed by atoms with van der Waals surface area (Å²) < 4.78 is 0. The normalized spacial score (nSPS) is 32.1. The van der Waals surface area contributed by atoms with E-state index in [1.54, 1.807) is 0 Å². The third-order valence-corrected chi connectivity index (χ3v) is 4.25. The van der Waals surface area contributed by atoms with Crippen LogP contribution in [0.3, 0.4) is 0 Å². The smallest absolute Gasteiger partial charge is 0.0611 e. The second-order valence-corrected chi connectivity index (χ2v) is 6.41. The predicted molar refractivity (Wildman–Crippen MR) is 72.9 cm³/mol. The Balaban J connectivity index is 2.54. The summed E-state index contributed by atoms with van der Waals surface area (Å²) in [6.45, 7) is 6.96. The quantitative estimate of drug-likeness (QED) is 0.775. The first-order valence-electron chi connectivity index (χ1n) is 6.99. The maximum absolute atomic E-state index is 9.39. The van der Waals surface area contributed by atoms with E-state index in [1.807, 2.05) is 0 Å². The Morgan fingerprint density at radius 3 is 2.59 bits per heavy atom. The standard InChI is InChI=1S/C14H30N2O/c1-11(2)8-12(3)16(4)13-6-5-7-14(15,9-13)10-17/h11-13,17H,5-10,15H2,1-4H3. The van der Waals surface area contributed by atoms with Crippen LogP contribution >= 0.6 is 0 Å². The maximum Gasteiger partial charge on any atom is 0.0611 e. The first-order chi connectivity index (χ1) is 7.88. The molecular weight excluding hydrogens is 212 g/mol. The molecule has 0 radical (unpaired) electrons. The number of nitrogens with two attached hydrogens (primary N) is 1. The predicted octanol–water partition coefficient (Wildman–Crippen LogP) is 1.99. The molecular formula is C14H30N2O. The molecule has 0 saturated heterocycles. The highest BCUT2D eigenvalue weighted by molar-refractivity contribution is 4.94. The molecule has 3 N–H and O–H groups in total. The Hall–Kier alpha value is -0.120. The third kappa shape index (κ3) is 4.23. The van der Waals surface area contributed by atoms with Gasteiger partial charge in [-0.2, -0.15) is 0 Å². The highest BCUT2D eigenvalue weighted by Crippen LogP contribution is 2.30. The lowest BCUT2D eigenvalue weighted by Crippen LogP contribution is -2.53. The molecule has 0 heterocycles. The summed E-state index contributed by atoms with van der Waals surface area (Å²) in [6.07, 6.45) is 5.48. The monoisotopic (exact) mass is 242 g/mol. The molecule has 0 spiro atoms. The van der Waals surface area contributed by atoms with E-state index < -0.39 is 0 Å². The van der Waals surface area contributed by atoms with Gasteiger partial charge in [-0.15, -0.1) is 0 Å². The van der Waals surface area contributed by atoms with Gasteiger partial charge in [0.1, 0.15) is 0 Å². The van der Waals surface area contributed by atoms with Crippen LogP contribution in [0.15, 0.2) is 0 Å². The maximum atomic E-state index is 9.39. The van der Waals surface area contributed by atoms with Gasteiger partial charge in [0.05, 0.1) is 6.61 Å². The zero-order chi connectivity index (χ0) is 13.1. The molecule has 1 aliphatic carbocycles. The molecule has 0 aromatic carbocycles. The van der Waals surface area contributed by atoms with Crippen LogP contribution < -0.4 is 5.73 Å². The van der Waals surface area contributed by atoms with Crippen molar-refractivity contribution in [3.8, 4) is 0 Å². The van der Waals surface area contributed by atoms with Crippen LogP contribution in [-0.4, -0.2) is 41.3 Å². The van der Waals surface area contributed by atoms with E-state index in [4.69, 9.17) is 5.73 Å². The highest BCUT2D eigenvalue weighted by atomic mass is 16.3. The second-order valence-electron chi connectivity index (χ2n) is 6.41. The fraction of sp³-hybridized carbons (Fsp3) is 1.00. The molecule has 1 saturated carbocycles. The average molecular weight is 242 g/mol.